The Balaban J connectivity index is 0.929. The van der Waals surface area contributed by atoms with Crippen molar-refractivity contribution < 1.29 is 0 Å². The van der Waals surface area contributed by atoms with E-state index >= 15 is 0 Å². The summed E-state index contributed by atoms with van der Waals surface area (Å²) in [7, 11) is 0. The van der Waals surface area contributed by atoms with Gasteiger partial charge in [-0.2, -0.15) is 9.97 Å². The number of nitrogens with zero attached hydrogens (tertiary/aromatic N) is 7. The van der Waals surface area contributed by atoms with Crippen LogP contribution < -0.4 is 0 Å². The maximum atomic E-state index is 5.39. The number of fused-ring (bicyclic) bond motifs is 12. The van der Waals surface area contributed by atoms with Gasteiger partial charge in [-0.05, 0) is 84.9 Å². The fourth-order valence-corrected chi connectivity index (χ4v) is 11.2. The molecule has 0 bridgehead atoms. The van der Waals surface area contributed by atoms with Crippen LogP contribution in [-0.4, -0.2) is 33.2 Å². The summed E-state index contributed by atoms with van der Waals surface area (Å²) in [5, 5.41) is 9.57. The Bertz CT molecular complexity index is 4460. The summed E-state index contributed by atoms with van der Waals surface area (Å²) < 4.78 is 9.28. The fourth-order valence-electron chi connectivity index (χ4n) is 11.2. The van der Waals surface area contributed by atoms with Gasteiger partial charge in [-0.25, -0.2) is 4.98 Å². The van der Waals surface area contributed by atoms with Crippen molar-refractivity contribution >= 4 is 87.2 Å². The maximum Gasteiger partial charge on any atom is 0.238 e. The summed E-state index contributed by atoms with van der Waals surface area (Å²) in [4.78, 5) is 16.1. The van der Waals surface area contributed by atoms with E-state index in [4.69, 9.17) is 15.0 Å². The monoisotopic (exact) mass is 893 g/mol. The van der Waals surface area contributed by atoms with Gasteiger partial charge in [0.2, 0.25) is 5.95 Å². The van der Waals surface area contributed by atoms with Crippen LogP contribution in [0, 0.1) is 0 Å². The highest BCUT2D eigenvalue weighted by atomic mass is 15.2. The van der Waals surface area contributed by atoms with Gasteiger partial charge in [0.25, 0.3) is 0 Å². The Morgan fingerprint density at radius 1 is 0.214 bits per heavy atom. The second-order valence-corrected chi connectivity index (χ2v) is 18.0. The summed E-state index contributed by atoms with van der Waals surface area (Å²) in [6, 6.07) is 84.4. The molecule has 0 fully saturated rings. The van der Waals surface area contributed by atoms with Crippen molar-refractivity contribution in [3.8, 4) is 45.8 Å². The van der Waals surface area contributed by atoms with Crippen LogP contribution in [0.2, 0.25) is 0 Å². The molecule has 0 saturated carbocycles. The lowest BCUT2D eigenvalue weighted by Crippen LogP contribution is -2.07. The molecule has 15 rings (SSSR count). The molecule has 0 amide bonds. The van der Waals surface area contributed by atoms with Crippen LogP contribution in [0.1, 0.15) is 0 Å². The first-order valence-electron chi connectivity index (χ1n) is 23.7. The third-order valence-electron chi connectivity index (χ3n) is 14.2. The Hall–Kier alpha value is -9.59. The van der Waals surface area contributed by atoms with Gasteiger partial charge in [0.15, 0.2) is 11.6 Å². The zero-order valence-corrected chi connectivity index (χ0v) is 37.6. The lowest BCUT2D eigenvalue weighted by molar-refractivity contribution is 0.952. The van der Waals surface area contributed by atoms with E-state index in [1.165, 1.54) is 43.4 Å². The first kappa shape index (κ1) is 38.5. The van der Waals surface area contributed by atoms with Crippen molar-refractivity contribution in [3.63, 3.8) is 0 Å². The Labute approximate surface area is 401 Å². The number of aromatic nitrogens is 7. The zero-order chi connectivity index (χ0) is 45.9. The molecule has 0 saturated heterocycles. The van der Waals surface area contributed by atoms with Gasteiger partial charge in [0.1, 0.15) is 0 Å². The summed E-state index contributed by atoms with van der Waals surface area (Å²) >= 11 is 0. The largest absolute Gasteiger partial charge is 0.309 e. The second-order valence-electron chi connectivity index (χ2n) is 18.0. The number of rotatable bonds is 6. The molecule has 0 aliphatic carbocycles. The predicted molar refractivity (Wildman–Crippen MR) is 288 cm³/mol. The van der Waals surface area contributed by atoms with Crippen molar-refractivity contribution in [1.82, 2.24) is 33.2 Å². The lowest BCUT2D eigenvalue weighted by atomic mass is 10.1. The number of hydrogen-bond donors (Lipinski definition) is 0. The zero-order valence-electron chi connectivity index (χ0n) is 37.6. The van der Waals surface area contributed by atoms with E-state index in [2.05, 4.69) is 255 Å². The average molecular weight is 894 g/mol. The van der Waals surface area contributed by atoms with Gasteiger partial charge in [0.05, 0.1) is 44.1 Å². The Morgan fingerprint density at radius 2 is 0.514 bits per heavy atom. The minimum absolute atomic E-state index is 0.555. The van der Waals surface area contributed by atoms with Gasteiger partial charge in [-0.1, -0.05) is 152 Å². The van der Waals surface area contributed by atoms with Gasteiger partial charge < -0.3 is 13.7 Å². The summed E-state index contributed by atoms with van der Waals surface area (Å²) in [5.41, 5.74) is 13.9. The lowest BCUT2D eigenvalue weighted by Gasteiger charge is -2.14. The van der Waals surface area contributed by atoms with E-state index in [1.807, 2.05) is 0 Å². The van der Waals surface area contributed by atoms with E-state index in [0.29, 0.717) is 17.6 Å². The van der Waals surface area contributed by atoms with Crippen molar-refractivity contribution in [2.75, 3.05) is 0 Å². The first-order chi connectivity index (χ1) is 34.7. The third kappa shape index (κ3) is 5.66. The standard InChI is InChI=1S/C63H39N7/c1-8-28-53-45(21-1)46-22-2-9-29-54(46)67(53)42-19-15-17-40(37-42)61-64-62(66-63(65-61)70-58-33-13-5-25-49(58)50-26-6-14-34-59(50)70)41-18-16-20-43(38-41)68-57-32-12-7-27-51(57)52-39-44(35-36-60(52)68)69-55-30-10-3-23-47(55)48-24-4-11-31-56(48)69/h1-39H. The molecule has 0 aliphatic heterocycles. The third-order valence-corrected chi connectivity index (χ3v) is 14.2. The van der Waals surface area contributed by atoms with Crippen molar-refractivity contribution in [1.29, 1.82) is 0 Å². The van der Waals surface area contributed by atoms with E-state index < -0.39 is 0 Å². The normalized spacial score (nSPS) is 12.0. The molecular weight excluding hydrogens is 855 g/mol. The molecule has 0 aliphatic rings. The molecule has 7 nitrogen and oxygen atoms in total. The van der Waals surface area contributed by atoms with Crippen molar-refractivity contribution in [2.24, 2.45) is 0 Å². The first-order valence-corrected chi connectivity index (χ1v) is 23.7. The molecule has 0 N–H and O–H groups in total. The van der Waals surface area contributed by atoms with Crippen LogP contribution >= 0.6 is 0 Å². The molecule has 0 unspecified atom stereocenters. The molecule has 0 spiro atoms. The summed E-state index contributed by atoms with van der Waals surface area (Å²) in [5.74, 6) is 1.73. The van der Waals surface area contributed by atoms with Crippen LogP contribution in [0.3, 0.4) is 0 Å². The van der Waals surface area contributed by atoms with Crippen LogP contribution in [0.5, 0.6) is 0 Å². The minimum Gasteiger partial charge on any atom is -0.309 e. The average Bonchev–Trinajstić information content (AvgIpc) is 4.16. The number of hydrogen-bond acceptors (Lipinski definition) is 3. The van der Waals surface area contributed by atoms with E-state index in [9.17, 15) is 0 Å². The van der Waals surface area contributed by atoms with Gasteiger partial charge in [-0.15, -0.1) is 0 Å². The fraction of sp³-hybridized carbons (Fsp3) is 0. The van der Waals surface area contributed by atoms with E-state index in [0.717, 1.165) is 72.1 Å². The quantitative estimate of drug-likeness (QED) is 0.167. The molecule has 5 heterocycles. The molecule has 70 heavy (non-hydrogen) atoms. The molecular formula is C63H39N7. The molecule has 10 aromatic carbocycles. The topological polar surface area (TPSA) is 58.4 Å². The number of para-hydroxylation sites is 7. The summed E-state index contributed by atoms with van der Waals surface area (Å²) in [6.45, 7) is 0. The molecule has 0 radical (unpaired) electrons. The molecule has 15 aromatic rings. The van der Waals surface area contributed by atoms with E-state index in [-0.39, 0.29) is 0 Å². The highest BCUT2D eigenvalue weighted by Crippen LogP contribution is 2.39. The summed E-state index contributed by atoms with van der Waals surface area (Å²) in [6.07, 6.45) is 0. The van der Waals surface area contributed by atoms with Gasteiger partial charge >= 0.3 is 0 Å². The van der Waals surface area contributed by atoms with Crippen LogP contribution in [0.15, 0.2) is 237 Å². The molecule has 0 atom stereocenters. The van der Waals surface area contributed by atoms with Crippen molar-refractivity contribution in [3.05, 3.63) is 237 Å². The second kappa shape index (κ2) is 15.0. The van der Waals surface area contributed by atoms with Gasteiger partial charge in [-0.3, -0.25) is 4.57 Å². The Morgan fingerprint density at radius 3 is 0.886 bits per heavy atom. The smallest absolute Gasteiger partial charge is 0.238 e. The Kier molecular flexibility index (Phi) is 8.23. The maximum absolute atomic E-state index is 5.39. The molecule has 5 aromatic heterocycles. The molecule has 326 valence electrons. The molecule has 7 heteroatoms. The van der Waals surface area contributed by atoms with Gasteiger partial charge in [0, 0.05) is 71.3 Å². The van der Waals surface area contributed by atoms with Crippen molar-refractivity contribution in [2.45, 2.75) is 0 Å². The highest BCUT2D eigenvalue weighted by Gasteiger charge is 2.21. The van der Waals surface area contributed by atoms with Crippen LogP contribution in [0.25, 0.3) is 133 Å². The minimum atomic E-state index is 0.555. The highest BCUT2D eigenvalue weighted by molar-refractivity contribution is 6.13. The predicted octanol–water partition coefficient (Wildman–Crippen LogP) is 15.6. The van der Waals surface area contributed by atoms with Crippen LogP contribution in [0.4, 0.5) is 0 Å². The van der Waals surface area contributed by atoms with E-state index in [1.54, 1.807) is 0 Å². The van der Waals surface area contributed by atoms with Crippen LogP contribution in [-0.2, 0) is 0 Å². The number of benzene rings is 10. The SMILES string of the molecule is c1cc(-c2nc(-c3cccc(-n4c5ccccc5c5cc(-n6c7ccccc7c7ccccc76)ccc54)c3)nc(-n3c4ccccc4c4ccccc43)n2)cc(-n2c3ccccc3c3ccccc32)c1.